The van der Waals surface area contributed by atoms with Crippen molar-refractivity contribution in [1.82, 2.24) is 25.1 Å². The van der Waals surface area contributed by atoms with E-state index >= 15 is 0 Å². The molecule has 0 spiro atoms. The van der Waals surface area contributed by atoms with Crippen LogP contribution in [-0.2, 0) is 0 Å². The molecule has 5 rings (SSSR count). The Labute approximate surface area is 158 Å². The first kappa shape index (κ1) is 15.7. The maximum atomic E-state index is 6.41. The van der Waals surface area contributed by atoms with E-state index in [1.54, 1.807) is 12.3 Å². The summed E-state index contributed by atoms with van der Waals surface area (Å²) in [7, 11) is 0. The third-order valence-electron chi connectivity index (χ3n) is 4.18. The summed E-state index contributed by atoms with van der Waals surface area (Å²) in [6.45, 7) is 0. The van der Waals surface area contributed by atoms with E-state index in [1.807, 2.05) is 42.6 Å². The molecule has 3 aromatic heterocycles. The zero-order valence-corrected chi connectivity index (χ0v) is 14.7. The normalized spacial score (nSPS) is 11.1. The minimum atomic E-state index is 0.487. The van der Waals surface area contributed by atoms with Crippen LogP contribution in [0.4, 0.5) is 11.5 Å². The van der Waals surface area contributed by atoms with Crippen molar-refractivity contribution in [3.63, 3.8) is 0 Å². The molecule has 0 unspecified atom stereocenters. The number of nitrogens with zero attached hydrogens (tertiary/aromatic N) is 3. The number of aromatic amines is 2. The number of rotatable bonds is 4. The third-order valence-corrected chi connectivity index (χ3v) is 4.48. The lowest BCUT2D eigenvalue weighted by molar-refractivity contribution is 0.483. The molecule has 7 nitrogen and oxygen atoms in total. The van der Waals surface area contributed by atoms with E-state index < -0.39 is 0 Å². The first-order valence-electron chi connectivity index (χ1n) is 8.22. The molecule has 0 atom stereocenters. The lowest BCUT2D eigenvalue weighted by Crippen LogP contribution is -1.96. The highest BCUT2D eigenvalue weighted by Gasteiger charge is 2.09. The van der Waals surface area contributed by atoms with Gasteiger partial charge in [0.1, 0.15) is 23.3 Å². The van der Waals surface area contributed by atoms with Gasteiger partial charge >= 0.3 is 0 Å². The van der Waals surface area contributed by atoms with Crippen LogP contribution in [0.15, 0.2) is 61.2 Å². The summed E-state index contributed by atoms with van der Waals surface area (Å²) >= 11 is 6.41. The average molecular weight is 377 g/mol. The molecule has 0 amide bonds. The van der Waals surface area contributed by atoms with Gasteiger partial charge in [-0.15, -0.1) is 0 Å². The van der Waals surface area contributed by atoms with Crippen molar-refractivity contribution in [3.05, 3.63) is 66.2 Å². The standard InChI is InChI=1S/C19H13ClN6O/c20-14-7-12(25-19-18-15(5-6-21-18)22-10-23-19)2-4-17(14)27-13-3-1-11-9-24-26-16(11)8-13/h1-10,21H,(H,24,26)(H,22,23,25). The number of anilines is 2. The molecule has 0 radical (unpaired) electrons. The SMILES string of the molecule is Clc1cc(Nc2ncnc3cc[nH]c23)ccc1Oc1ccc2cn[nH]c2c1. The first-order valence-corrected chi connectivity index (χ1v) is 8.60. The van der Waals surface area contributed by atoms with Crippen molar-refractivity contribution in [2.75, 3.05) is 5.32 Å². The second kappa shape index (κ2) is 6.30. The summed E-state index contributed by atoms with van der Waals surface area (Å²) in [5, 5.41) is 11.7. The van der Waals surface area contributed by atoms with Crippen molar-refractivity contribution in [2.45, 2.75) is 0 Å². The summed E-state index contributed by atoms with van der Waals surface area (Å²) < 4.78 is 5.91. The smallest absolute Gasteiger partial charge is 0.158 e. The van der Waals surface area contributed by atoms with Crippen LogP contribution < -0.4 is 10.1 Å². The zero-order chi connectivity index (χ0) is 18.2. The van der Waals surface area contributed by atoms with Gasteiger partial charge in [-0.3, -0.25) is 5.10 Å². The summed E-state index contributed by atoms with van der Waals surface area (Å²) in [6.07, 6.45) is 5.11. The van der Waals surface area contributed by atoms with Crippen LogP contribution in [-0.4, -0.2) is 25.1 Å². The maximum Gasteiger partial charge on any atom is 0.158 e. The number of nitrogens with one attached hydrogen (secondary N) is 3. The number of halogens is 1. The van der Waals surface area contributed by atoms with Gasteiger partial charge in [-0.25, -0.2) is 9.97 Å². The molecule has 27 heavy (non-hydrogen) atoms. The third kappa shape index (κ3) is 2.94. The zero-order valence-electron chi connectivity index (χ0n) is 13.9. The lowest BCUT2D eigenvalue weighted by Gasteiger charge is -2.11. The van der Waals surface area contributed by atoms with E-state index in [0.29, 0.717) is 22.3 Å². The Kier molecular flexibility index (Phi) is 3.65. The molecule has 0 fully saturated rings. The van der Waals surface area contributed by atoms with Gasteiger partial charge in [0.2, 0.25) is 0 Å². The number of benzene rings is 2. The van der Waals surface area contributed by atoms with Crippen LogP contribution in [0.5, 0.6) is 11.5 Å². The highest BCUT2D eigenvalue weighted by molar-refractivity contribution is 6.32. The van der Waals surface area contributed by atoms with E-state index in [4.69, 9.17) is 16.3 Å². The lowest BCUT2D eigenvalue weighted by atomic mass is 10.2. The van der Waals surface area contributed by atoms with Crippen molar-refractivity contribution in [2.24, 2.45) is 0 Å². The molecule has 3 heterocycles. The van der Waals surface area contributed by atoms with E-state index in [1.165, 1.54) is 6.33 Å². The Morgan fingerprint density at radius 2 is 2.00 bits per heavy atom. The Morgan fingerprint density at radius 3 is 2.93 bits per heavy atom. The second-order valence-corrected chi connectivity index (χ2v) is 6.36. The van der Waals surface area contributed by atoms with Gasteiger partial charge in [0, 0.05) is 23.3 Å². The fourth-order valence-corrected chi connectivity index (χ4v) is 3.09. The Balaban J connectivity index is 1.40. The molecule has 0 bridgehead atoms. The van der Waals surface area contributed by atoms with Crippen molar-refractivity contribution < 1.29 is 4.74 Å². The van der Waals surface area contributed by atoms with Gasteiger partial charge in [-0.2, -0.15) is 5.10 Å². The molecule has 0 aliphatic heterocycles. The topological polar surface area (TPSA) is 91.5 Å². The van der Waals surface area contributed by atoms with Crippen LogP contribution in [0.2, 0.25) is 5.02 Å². The van der Waals surface area contributed by atoms with E-state index in [-0.39, 0.29) is 0 Å². The molecule has 0 saturated carbocycles. The minimum Gasteiger partial charge on any atom is -0.456 e. The molecule has 3 N–H and O–H groups in total. The molecule has 2 aromatic carbocycles. The Morgan fingerprint density at radius 1 is 1.04 bits per heavy atom. The van der Waals surface area contributed by atoms with Crippen molar-refractivity contribution in [1.29, 1.82) is 0 Å². The van der Waals surface area contributed by atoms with Gasteiger partial charge in [-0.1, -0.05) is 11.6 Å². The van der Waals surface area contributed by atoms with Crippen LogP contribution in [0.1, 0.15) is 0 Å². The largest absolute Gasteiger partial charge is 0.456 e. The van der Waals surface area contributed by atoms with Gasteiger partial charge in [0.05, 0.1) is 22.3 Å². The predicted octanol–water partition coefficient (Wildman–Crippen LogP) is 5.02. The van der Waals surface area contributed by atoms with Gasteiger partial charge in [-0.05, 0) is 36.4 Å². The van der Waals surface area contributed by atoms with Crippen LogP contribution in [0.25, 0.3) is 21.9 Å². The number of fused-ring (bicyclic) bond motifs is 2. The van der Waals surface area contributed by atoms with E-state index in [2.05, 4.69) is 30.5 Å². The molecule has 0 aliphatic rings. The van der Waals surface area contributed by atoms with E-state index in [0.717, 1.165) is 27.6 Å². The Bertz CT molecular complexity index is 1260. The maximum absolute atomic E-state index is 6.41. The predicted molar refractivity (Wildman–Crippen MR) is 105 cm³/mol. The van der Waals surface area contributed by atoms with Crippen molar-refractivity contribution >= 4 is 45.0 Å². The van der Waals surface area contributed by atoms with E-state index in [9.17, 15) is 0 Å². The quantitative estimate of drug-likeness (QED) is 0.409. The molecular weight excluding hydrogens is 364 g/mol. The highest BCUT2D eigenvalue weighted by atomic mass is 35.5. The van der Waals surface area contributed by atoms with Crippen LogP contribution >= 0.6 is 11.6 Å². The van der Waals surface area contributed by atoms with Gasteiger partial charge in [0.15, 0.2) is 5.82 Å². The average Bonchev–Trinajstić information content (AvgIpc) is 3.33. The Hall–Kier alpha value is -3.58. The number of H-pyrrole nitrogens is 2. The van der Waals surface area contributed by atoms with Gasteiger partial charge < -0.3 is 15.0 Å². The molecule has 0 aliphatic carbocycles. The molecule has 5 aromatic rings. The van der Waals surface area contributed by atoms with Crippen LogP contribution in [0.3, 0.4) is 0 Å². The van der Waals surface area contributed by atoms with Gasteiger partial charge in [0.25, 0.3) is 0 Å². The fourth-order valence-electron chi connectivity index (χ4n) is 2.87. The monoisotopic (exact) mass is 376 g/mol. The molecule has 8 heteroatoms. The summed E-state index contributed by atoms with van der Waals surface area (Å²) in [5.41, 5.74) is 3.38. The second-order valence-electron chi connectivity index (χ2n) is 5.95. The number of hydrogen-bond donors (Lipinski definition) is 3. The summed E-state index contributed by atoms with van der Waals surface area (Å²) in [6, 6.07) is 13.1. The minimum absolute atomic E-state index is 0.487. The molecule has 0 saturated heterocycles. The first-order chi connectivity index (χ1) is 13.3. The summed E-state index contributed by atoms with van der Waals surface area (Å²) in [4.78, 5) is 11.6. The highest BCUT2D eigenvalue weighted by Crippen LogP contribution is 2.33. The van der Waals surface area contributed by atoms with Crippen LogP contribution in [0, 0.1) is 0 Å². The number of ether oxygens (including phenoxy) is 1. The molecular formula is C19H13ClN6O. The number of hydrogen-bond acceptors (Lipinski definition) is 5. The number of aromatic nitrogens is 5. The molecule has 132 valence electrons. The fraction of sp³-hybridized carbons (Fsp3) is 0. The van der Waals surface area contributed by atoms with Crippen molar-refractivity contribution in [3.8, 4) is 11.5 Å². The summed E-state index contributed by atoms with van der Waals surface area (Å²) in [5.74, 6) is 1.92.